The molecule has 0 radical (unpaired) electrons. The third kappa shape index (κ3) is 3.42. The van der Waals surface area contributed by atoms with Gasteiger partial charge in [-0.15, -0.1) is 0 Å². The van der Waals surface area contributed by atoms with E-state index >= 15 is 0 Å². The van der Waals surface area contributed by atoms with E-state index in [1.165, 1.54) is 34.5 Å². The van der Waals surface area contributed by atoms with Gasteiger partial charge in [-0.2, -0.15) is 0 Å². The number of fused-ring (bicyclic) bond motifs is 1. The summed E-state index contributed by atoms with van der Waals surface area (Å²) in [4.78, 5) is 38.8. The van der Waals surface area contributed by atoms with Crippen molar-refractivity contribution in [2.24, 2.45) is 0 Å². The van der Waals surface area contributed by atoms with Gasteiger partial charge >= 0.3 is 0 Å². The molecule has 0 aliphatic carbocycles. The molecule has 2 aromatic rings. The lowest BCUT2D eigenvalue weighted by atomic mass is 10.1. The summed E-state index contributed by atoms with van der Waals surface area (Å²) in [7, 11) is 5.65. The van der Waals surface area contributed by atoms with Gasteiger partial charge in [-0.1, -0.05) is 12.1 Å². The molecule has 0 saturated carbocycles. The number of ketones is 1. The van der Waals surface area contributed by atoms with Crippen molar-refractivity contribution in [2.75, 3.05) is 45.2 Å². The highest BCUT2D eigenvalue weighted by molar-refractivity contribution is 6.53. The van der Waals surface area contributed by atoms with Crippen molar-refractivity contribution in [1.29, 1.82) is 0 Å². The number of amides is 2. The van der Waals surface area contributed by atoms with Crippen molar-refractivity contribution in [3.63, 3.8) is 0 Å². The quantitative estimate of drug-likeness (QED) is 0.708. The third-order valence-electron chi connectivity index (χ3n) is 4.45. The van der Waals surface area contributed by atoms with Gasteiger partial charge in [0.15, 0.2) is 11.5 Å². The van der Waals surface area contributed by atoms with Crippen LogP contribution in [0.15, 0.2) is 30.3 Å². The van der Waals surface area contributed by atoms with Crippen molar-refractivity contribution in [1.82, 2.24) is 0 Å². The first kappa shape index (κ1) is 20.0. The number of rotatable bonds is 7. The highest BCUT2D eigenvalue weighted by Gasteiger charge is 2.42. The normalized spacial score (nSPS) is 12.5. The zero-order chi connectivity index (χ0) is 21.1. The average molecular weight is 400 g/mol. The summed E-state index contributed by atoms with van der Waals surface area (Å²) in [5.41, 5.74) is 0.688. The minimum absolute atomic E-state index is 0.0280. The molecule has 152 valence electrons. The maximum atomic E-state index is 12.6. The molecule has 0 saturated heterocycles. The molecule has 1 aliphatic heterocycles. The van der Waals surface area contributed by atoms with E-state index in [1.54, 1.807) is 24.3 Å². The molecule has 0 aromatic heterocycles. The van der Waals surface area contributed by atoms with E-state index in [-0.39, 0.29) is 35.0 Å². The molecule has 0 spiro atoms. The summed E-state index contributed by atoms with van der Waals surface area (Å²) in [6.07, 6.45) is 0. The van der Waals surface area contributed by atoms with E-state index in [0.29, 0.717) is 11.4 Å². The molecule has 1 N–H and O–H groups in total. The molecule has 0 bridgehead atoms. The number of methoxy groups -OCH3 is 4. The van der Waals surface area contributed by atoms with Gasteiger partial charge in [-0.25, -0.2) is 0 Å². The number of nitrogens with zero attached hydrogens (tertiary/aromatic N) is 1. The Bertz CT molecular complexity index is 987. The summed E-state index contributed by atoms with van der Waals surface area (Å²) in [6.45, 7) is -0.381. The topological polar surface area (TPSA) is 103 Å². The summed E-state index contributed by atoms with van der Waals surface area (Å²) in [5, 5.41) is 2.68. The number of hydrogen-bond acceptors (Lipinski definition) is 7. The molecule has 0 unspecified atom stereocenters. The van der Waals surface area contributed by atoms with E-state index in [4.69, 9.17) is 18.9 Å². The predicted molar refractivity (Wildman–Crippen MR) is 104 cm³/mol. The van der Waals surface area contributed by atoms with Crippen LogP contribution in [0.3, 0.4) is 0 Å². The smallest absolute Gasteiger partial charge is 0.300 e. The Labute approximate surface area is 167 Å². The number of anilines is 2. The SMILES string of the molecule is COc1ccccc1NC(=O)CN1C(=O)C(=O)c2c1cc(OC)c(OC)c2OC. The lowest BCUT2D eigenvalue weighted by Crippen LogP contribution is -2.37. The first-order valence-corrected chi connectivity index (χ1v) is 8.58. The number of Topliss-reactive ketones (excluding diaryl/α,β-unsaturated/α-hetero) is 1. The summed E-state index contributed by atoms with van der Waals surface area (Å²) in [5.74, 6) is -1.13. The van der Waals surface area contributed by atoms with E-state index in [0.717, 1.165) is 4.90 Å². The van der Waals surface area contributed by atoms with E-state index in [9.17, 15) is 14.4 Å². The number of carbonyl (C=O) groups is 3. The Morgan fingerprint density at radius 2 is 1.59 bits per heavy atom. The minimum Gasteiger partial charge on any atom is -0.495 e. The van der Waals surface area contributed by atoms with Crippen LogP contribution in [0.5, 0.6) is 23.0 Å². The van der Waals surface area contributed by atoms with Gasteiger partial charge < -0.3 is 24.3 Å². The van der Waals surface area contributed by atoms with Crippen molar-refractivity contribution >= 4 is 29.0 Å². The Morgan fingerprint density at radius 3 is 2.21 bits per heavy atom. The van der Waals surface area contributed by atoms with Crippen LogP contribution in [0.1, 0.15) is 10.4 Å². The number of hydrogen-bond donors (Lipinski definition) is 1. The minimum atomic E-state index is -0.844. The number of carbonyl (C=O) groups excluding carboxylic acids is 3. The first-order chi connectivity index (χ1) is 14.0. The Hall–Kier alpha value is -3.75. The molecule has 2 amide bonds. The second kappa shape index (κ2) is 8.09. The fourth-order valence-electron chi connectivity index (χ4n) is 3.15. The summed E-state index contributed by atoms with van der Waals surface area (Å²) in [6, 6.07) is 8.32. The van der Waals surface area contributed by atoms with Crippen LogP contribution in [0.2, 0.25) is 0 Å². The second-order valence-electron chi connectivity index (χ2n) is 6.01. The van der Waals surface area contributed by atoms with Crippen molar-refractivity contribution < 1.29 is 33.3 Å². The van der Waals surface area contributed by atoms with Gasteiger partial charge in [0.25, 0.3) is 11.7 Å². The molecule has 1 heterocycles. The van der Waals surface area contributed by atoms with Crippen LogP contribution in [-0.4, -0.2) is 52.6 Å². The zero-order valence-electron chi connectivity index (χ0n) is 16.4. The van der Waals surface area contributed by atoms with Gasteiger partial charge in [-0.3, -0.25) is 19.3 Å². The van der Waals surface area contributed by atoms with Crippen molar-refractivity contribution in [3.8, 4) is 23.0 Å². The molecule has 0 fully saturated rings. The Kier molecular flexibility index (Phi) is 5.58. The first-order valence-electron chi connectivity index (χ1n) is 8.58. The molecule has 9 nitrogen and oxygen atoms in total. The lowest BCUT2D eigenvalue weighted by molar-refractivity contribution is -0.118. The monoisotopic (exact) mass is 400 g/mol. The summed E-state index contributed by atoms with van der Waals surface area (Å²) >= 11 is 0. The van der Waals surface area contributed by atoms with E-state index in [2.05, 4.69) is 5.32 Å². The third-order valence-corrected chi connectivity index (χ3v) is 4.45. The number of para-hydroxylation sites is 2. The van der Waals surface area contributed by atoms with Gasteiger partial charge in [0.2, 0.25) is 11.7 Å². The van der Waals surface area contributed by atoms with Crippen molar-refractivity contribution in [3.05, 3.63) is 35.9 Å². The highest BCUT2D eigenvalue weighted by atomic mass is 16.5. The standard InChI is InChI=1S/C20H20N2O7/c1-26-13-8-6-5-7-11(13)21-15(23)10-22-12-9-14(27-2)18(28-3)19(29-4)16(12)17(24)20(22)25/h5-9H,10H2,1-4H3,(H,21,23). The summed E-state index contributed by atoms with van der Waals surface area (Å²) < 4.78 is 21.0. The van der Waals surface area contributed by atoms with Crippen LogP contribution < -0.4 is 29.2 Å². The van der Waals surface area contributed by atoms with Crippen LogP contribution in [0.4, 0.5) is 11.4 Å². The van der Waals surface area contributed by atoms with E-state index in [1.807, 2.05) is 0 Å². The molecule has 0 atom stereocenters. The largest absolute Gasteiger partial charge is 0.495 e. The molecule has 2 aromatic carbocycles. The highest BCUT2D eigenvalue weighted by Crippen LogP contribution is 2.47. The molecular formula is C20H20N2O7. The second-order valence-corrected chi connectivity index (χ2v) is 6.01. The number of nitrogens with one attached hydrogen (secondary N) is 1. The van der Waals surface area contributed by atoms with Crippen LogP contribution in [0.25, 0.3) is 0 Å². The molecule has 3 rings (SSSR count). The van der Waals surface area contributed by atoms with Gasteiger partial charge in [0, 0.05) is 6.07 Å². The molecule has 29 heavy (non-hydrogen) atoms. The molecule has 1 aliphatic rings. The number of ether oxygens (including phenoxy) is 4. The molecule has 9 heteroatoms. The Balaban J connectivity index is 1.95. The van der Waals surface area contributed by atoms with Crippen LogP contribution in [0, 0.1) is 0 Å². The van der Waals surface area contributed by atoms with Gasteiger partial charge in [0.05, 0.1) is 45.4 Å². The molecular weight excluding hydrogens is 380 g/mol. The van der Waals surface area contributed by atoms with Crippen LogP contribution >= 0.6 is 0 Å². The van der Waals surface area contributed by atoms with Gasteiger partial charge in [0.1, 0.15) is 12.3 Å². The van der Waals surface area contributed by atoms with Gasteiger partial charge in [-0.05, 0) is 12.1 Å². The number of benzene rings is 2. The maximum Gasteiger partial charge on any atom is 0.300 e. The van der Waals surface area contributed by atoms with E-state index < -0.39 is 17.6 Å². The van der Waals surface area contributed by atoms with Crippen molar-refractivity contribution in [2.45, 2.75) is 0 Å². The Morgan fingerprint density at radius 1 is 0.931 bits per heavy atom. The maximum absolute atomic E-state index is 12.6. The average Bonchev–Trinajstić information content (AvgIpc) is 2.97. The fourth-order valence-corrected chi connectivity index (χ4v) is 3.15. The zero-order valence-corrected chi connectivity index (χ0v) is 16.4. The fraction of sp³-hybridized carbons (Fsp3) is 0.250. The van der Waals surface area contributed by atoms with Crippen LogP contribution in [-0.2, 0) is 9.59 Å². The lowest BCUT2D eigenvalue weighted by Gasteiger charge is -2.19. The predicted octanol–water partition coefficient (Wildman–Crippen LogP) is 1.89.